The van der Waals surface area contributed by atoms with Crippen LogP contribution in [-0.4, -0.2) is 21.0 Å². The number of anilines is 1. The number of hydrogen-bond donors (Lipinski definition) is 2. The molecule has 1 aromatic carbocycles. The lowest BCUT2D eigenvalue weighted by atomic mass is 10.2. The minimum absolute atomic E-state index is 0.0305. The van der Waals surface area contributed by atoms with E-state index in [4.69, 9.17) is 5.11 Å². The van der Waals surface area contributed by atoms with Crippen LogP contribution in [0.25, 0.3) is 0 Å². The summed E-state index contributed by atoms with van der Waals surface area (Å²) in [5.74, 6) is -1.10. The Balaban J connectivity index is 2.14. The molecule has 0 radical (unpaired) electrons. The molecule has 2 rings (SSSR count). The van der Waals surface area contributed by atoms with E-state index in [0.29, 0.717) is 15.2 Å². The maximum Gasteiger partial charge on any atom is 0.355 e. The number of nitrogens with one attached hydrogen (secondary N) is 1. The van der Waals surface area contributed by atoms with E-state index in [1.54, 1.807) is 12.1 Å². The zero-order valence-electron chi connectivity index (χ0n) is 9.87. The highest BCUT2D eigenvalue weighted by molar-refractivity contribution is 9.10. The number of nitro groups is 1. The first kappa shape index (κ1) is 14.4. The Morgan fingerprint density at radius 3 is 2.90 bits per heavy atom. The van der Waals surface area contributed by atoms with Crippen LogP contribution in [0.15, 0.2) is 28.1 Å². The topological polar surface area (TPSA) is 105 Å². The molecule has 104 valence electrons. The number of nitrogens with zero attached hydrogens (tertiary/aromatic N) is 2. The number of aromatic nitrogens is 1. The van der Waals surface area contributed by atoms with E-state index in [1.807, 2.05) is 0 Å². The van der Waals surface area contributed by atoms with Crippen LogP contribution in [0, 0.1) is 10.1 Å². The van der Waals surface area contributed by atoms with Crippen LogP contribution >= 0.6 is 27.3 Å². The SMILES string of the molecule is O=C(O)c1csc(CNc2ccc(Br)cc2[N+](=O)[O-])n1. The van der Waals surface area contributed by atoms with Gasteiger partial charge in [-0.15, -0.1) is 11.3 Å². The molecule has 20 heavy (non-hydrogen) atoms. The van der Waals surface area contributed by atoms with E-state index < -0.39 is 10.9 Å². The second kappa shape index (κ2) is 5.97. The molecule has 0 unspecified atom stereocenters. The van der Waals surface area contributed by atoms with Crippen molar-refractivity contribution in [3.8, 4) is 0 Å². The highest BCUT2D eigenvalue weighted by Gasteiger charge is 2.15. The summed E-state index contributed by atoms with van der Waals surface area (Å²) in [4.78, 5) is 25.0. The van der Waals surface area contributed by atoms with E-state index in [1.165, 1.54) is 22.8 Å². The smallest absolute Gasteiger partial charge is 0.355 e. The van der Waals surface area contributed by atoms with E-state index in [0.717, 1.165) is 0 Å². The first-order chi connectivity index (χ1) is 9.47. The van der Waals surface area contributed by atoms with Gasteiger partial charge in [-0.05, 0) is 12.1 Å². The predicted molar refractivity (Wildman–Crippen MR) is 77.2 cm³/mol. The average Bonchev–Trinajstić information content (AvgIpc) is 2.86. The van der Waals surface area contributed by atoms with Gasteiger partial charge in [0.15, 0.2) is 5.69 Å². The standard InChI is InChI=1S/C11H8BrN3O4S/c12-6-1-2-7(9(3-6)15(18)19)13-4-10-14-8(5-20-10)11(16)17/h1-3,5,13H,4H2,(H,16,17). The average molecular weight is 358 g/mol. The maximum absolute atomic E-state index is 10.9. The number of hydrogen-bond acceptors (Lipinski definition) is 6. The lowest BCUT2D eigenvalue weighted by Crippen LogP contribution is -2.03. The van der Waals surface area contributed by atoms with Gasteiger partial charge in [0.25, 0.3) is 5.69 Å². The van der Waals surface area contributed by atoms with Gasteiger partial charge in [-0.1, -0.05) is 15.9 Å². The molecular weight excluding hydrogens is 350 g/mol. The molecule has 0 aliphatic rings. The first-order valence-electron chi connectivity index (χ1n) is 5.33. The van der Waals surface area contributed by atoms with Gasteiger partial charge >= 0.3 is 5.97 Å². The fourth-order valence-electron chi connectivity index (χ4n) is 1.47. The van der Waals surface area contributed by atoms with Gasteiger partial charge in [0, 0.05) is 15.9 Å². The lowest BCUT2D eigenvalue weighted by molar-refractivity contribution is -0.384. The summed E-state index contributed by atoms with van der Waals surface area (Å²) < 4.78 is 0.608. The Morgan fingerprint density at radius 2 is 2.30 bits per heavy atom. The summed E-state index contributed by atoms with van der Waals surface area (Å²) in [5, 5.41) is 24.5. The Morgan fingerprint density at radius 1 is 1.55 bits per heavy atom. The molecule has 0 saturated carbocycles. The molecule has 0 bridgehead atoms. The van der Waals surface area contributed by atoms with Crippen LogP contribution in [-0.2, 0) is 6.54 Å². The van der Waals surface area contributed by atoms with E-state index in [-0.39, 0.29) is 17.9 Å². The van der Waals surface area contributed by atoms with Crippen LogP contribution < -0.4 is 5.32 Å². The molecule has 0 spiro atoms. The molecule has 0 atom stereocenters. The van der Waals surface area contributed by atoms with Crippen molar-refractivity contribution in [2.24, 2.45) is 0 Å². The molecule has 2 aromatic rings. The minimum atomic E-state index is -1.10. The van der Waals surface area contributed by atoms with Gasteiger partial charge in [0.2, 0.25) is 0 Å². The molecule has 1 heterocycles. The summed E-state index contributed by atoms with van der Waals surface area (Å²) in [6, 6.07) is 4.65. The van der Waals surface area contributed by atoms with Gasteiger partial charge in [0.1, 0.15) is 10.7 Å². The molecule has 0 saturated heterocycles. The largest absolute Gasteiger partial charge is 0.476 e. The number of rotatable bonds is 5. The molecular formula is C11H8BrN3O4S. The lowest BCUT2D eigenvalue weighted by Gasteiger charge is -2.05. The molecule has 1 aromatic heterocycles. The highest BCUT2D eigenvalue weighted by atomic mass is 79.9. The number of carbonyl (C=O) groups is 1. The maximum atomic E-state index is 10.9. The molecule has 2 N–H and O–H groups in total. The fraction of sp³-hybridized carbons (Fsp3) is 0.0909. The first-order valence-corrected chi connectivity index (χ1v) is 7.00. The van der Waals surface area contributed by atoms with Crippen LogP contribution in [0.3, 0.4) is 0 Å². The number of carboxylic acids is 1. The minimum Gasteiger partial charge on any atom is -0.476 e. The van der Waals surface area contributed by atoms with Crippen molar-refractivity contribution < 1.29 is 14.8 Å². The van der Waals surface area contributed by atoms with Crippen molar-refractivity contribution in [1.29, 1.82) is 0 Å². The van der Waals surface area contributed by atoms with Crippen LogP contribution in [0.1, 0.15) is 15.5 Å². The third-order valence-corrected chi connectivity index (χ3v) is 3.70. The van der Waals surface area contributed by atoms with Crippen molar-refractivity contribution in [2.45, 2.75) is 6.54 Å². The summed E-state index contributed by atoms with van der Waals surface area (Å²) in [7, 11) is 0. The van der Waals surface area contributed by atoms with Crippen LogP contribution in [0.2, 0.25) is 0 Å². The van der Waals surface area contributed by atoms with E-state index in [9.17, 15) is 14.9 Å². The molecule has 9 heteroatoms. The summed E-state index contributed by atoms with van der Waals surface area (Å²) in [5.41, 5.74) is 0.261. The third kappa shape index (κ3) is 3.31. The van der Waals surface area contributed by atoms with Crippen molar-refractivity contribution in [2.75, 3.05) is 5.32 Å². The number of nitro benzene ring substituents is 1. The Hall–Kier alpha value is -2.00. The fourth-order valence-corrected chi connectivity index (χ4v) is 2.52. The number of benzene rings is 1. The Labute approximate surface area is 125 Å². The van der Waals surface area contributed by atoms with Gasteiger partial charge in [0.05, 0.1) is 11.5 Å². The second-order valence-corrected chi connectivity index (χ2v) is 5.56. The van der Waals surface area contributed by atoms with E-state index in [2.05, 4.69) is 26.2 Å². The normalized spacial score (nSPS) is 10.2. The number of halogens is 1. The molecule has 0 amide bonds. The van der Waals surface area contributed by atoms with Gasteiger partial charge in [-0.25, -0.2) is 9.78 Å². The van der Waals surface area contributed by atoms with Gasteiger partial charge < -0.3 is 10.4 Å². The van der Waals surface area contributed by atoms with Crippen molar-refractivity contribution in [3.05, 3.63) is 48.9 Å². The summed E-state index contributed by atoms with van der Waals surface area (Å²) >= 11 is 4.35. The summed E-state index contributed by atoms with van der Waals surface area (Å²) in [6.07, 6.45) is 0. The number of thiazole rings is 1. The molecule has 0 fully saturated rings. The van der Waals surface area contributed by atoms with Crippen molar-refractivity contribution in [1.82, 2.24) is 4.98 Å². The van der Waals surface area contributed by atoms with Crippen LogP contribution in [0.4, 0.5) is 11.4 Å². The number of aromatic carboxylic acids is 1. The molecule has 0 aliphatic heterocycles. The van der Waals surface area contributed by atoms with Gasteiger partial charge in [-0.2, -0.15) is 0 Å². The quantitative estimate of drug-likeness (QED) is 0.628. The predicted octanol–water partition coefficient (Wildman–Crippen LogP) is 3.12. The van der Waals surface area contributed by atoms with Crippen molar-refractivity contribution >= 4 is 44.6 Å². The zero-order valence-corrected chi connectivity index (χ0v) is 12.3. The monoisotopic (exact) mass is 357 g/mol. The van der Waals surface area contributed by atoms with Gasteiger partial charge in [-0.3, -0.25) is 10.1 Å². The molecule has 0 aliphatic carbocycles. The van der Waals surface area contributed by atoms with Crippen molar-refractivity contribution in [3.63, 3.8) is 0 Å². The second-order valence-electron chi connectivity index (χ2n) is 3.70. The zero-order chi connectivity index (χ0) is 14.7. The summed E-state index contributed by atoms with van der Waals surface area (Å²) in [6.45, 7) is 0.223. The number of carboxylic acid groups (broad SMARTS) is 1. The Bertz CT molecular complexity index is 673. The van der Waals surface area contributed by atoms with Crippen LogP contribution in [0.5, 0.6) is 0 Å². The van der Waals surface area contributed by atoms with E-state index >= 15 is 0 Å². The molecule has 7 nitrogen and oxygen atoms in total. The highest BCUT2D eigenvalue weighted by Crippen LogP contribution is 2.28. The third-order valence-electron chi connectivity index (χ3n) is 2.36. The Kier molecular flexibility index (Phi) is 4.30.